The van der Waals surface area contributed by atoms with Crippen molar-refractivity contribution in [3.63, 3.8) is 0 Å². The van der Waals surface area contributed by atoms with Crippen LogP contribution < -0.4 is 5.32 Å². The van der Waals surface area contributed by atoms with E-state index >= 15 is 0 Å². The number of thioether (sulfide) groups is 1. The zero-order valence-corrected chi connectivity index (χ0v) is 18.1. The molecule has 1 unspecified atom stereocenters. The average Bonchev–Trinajstić information content (AvgIpc) is 3.02. The fourth-order valence-electron chi connectivity index (χ4n) is 3.40. The van der Waals surface area contributed by atoms with Crippen molar-refractivity contribution in [2.45, 2.75) is 56.0 Å². The van der Waals surface area contributed by atoms with Gasteiger partial charge in [0.2, 0.25) is 5.91 Å². The molecule has 0 saturated carbocycles. The topological polar surface area (TPSA) is 56.1 Å². The lowest BCUT2D eigenvalue weighted by Crippen LogP contribution is -2.32. The fourth-order valence-corrected chi connectivity index (χ4v) is 4.54. The molecule has 0 spiro atoms. The molecule has 2 aromatic rings. The number of nitrogens with one attached hydrogen (secondary N) is 1. The molecule has 0 radical (unpaired) electrons. The summed E-state index contributed by atoms with van der Waals surface area (Å²) < 4.78 is 7.33. The number of nitrogens with zero attached hydrogens (tertiary/aromatic N) is 2. The molecule has 7 heteroatoms. The van der Waals surface area contributed by atoms with Crippen LogP contribution >= 0.6 is 23.4 Å². The predicted octanol–water partition coefficient (Wildman–Crippen LogP) is 4.82. The van der Waals surface area contributed by atoms with Crippen molar-refractivity contribution in [1.82, 2.24) is 14.9 Å². The molecule has 1 amide bonds. The van der Waals surface area contributed by atoms with E-state index < -0.39 is 0 Å². The van der Waals surface area contributed by atoms with E-state index in [1.807, 2.05) is 25.1 Å². The van der Waals surface area contributed by atoms with Crippen LogP contribution in [-0.4, -0.2) is 41.0 Å². The van der Waals surface area contributed by atoms with Gasteiger partial charge in [-0.05, 0) is 57.2 Å². The standard InChI is InChI=1S/C21H28ClN3O2S/c1-15(20(26)23-11-10-16-6-4-3-5-7-16)28-21-24-18-14-17(22)8-9-19(18)25(21)12-13-27-2/h6,8-9,14-15H,3-5,7,10-13H2,1-2H3,(H,23,26). The summed E-state index contributed by atoms with van der Waals surface area (Å²) in [5, 5.41) is 4.31. The van der Waals surface area contributed by atoms with E-state index in [-0.39, 0.29) is 11.2 Å². The molecule has 0 fully saturated rings. The Bertz CT molecular complexity index is 850. The summed E-state index contributed by atoms with van der Waals surface area (Å²) in [4.78, 5) is 17.2. The highest BCUT2D eigenvalue weighted by molar-refractivity contribution is 8.00. The van der Waals surface area contributed by atoms with Crippen molar-refractivity contribution in [2.75, 3.05) is 20.3 Å². The highest BCUT2D eigenvalue weighted by Gasteiger charge is 2.19. The third-order valence-corrected chi connectivity index (χ3v) is 6.30. The molecule has 1 aromatic carbocycles. The summed E-state index contributed by atoms with van der Waals surface area (Å²) in [5.74, 6) is 0.0461. The van der Waals surface area contributed by atoms with Crippen molar-refractivity contribution >= 4 is 40.3 Å². The average molecular weight is 422 g/mol. The lowest BCUT2D eigenvalue weighted by atomic mass is 9.97. The van der Waals surface area contributed by atoms with Gasteiger partial charge in [0.25, 0.3) is 0 Å². The van der Waals surface area contributed by atoms with Crippen LogP contribution in [0.3, 0.4) is 0 Å². The van der Waals surface area contributed by atoms with Crippen molar-refractivity contribution in [2.24, 2.45) is 0 Å². The predicted molar refractivity (Wildman–Crippen MR) is 116 cm³/mol. The highest BCUT2D eigenvalue weighted by Crippen LogP contribution is 2.29. The van der Waals surface area contributed by atoms with E-state index in [0.29, 0.717) is 24.7 Å². The maximum atomic E-state index is 12.5. The SMILES string of the molecule is COCCn1c(SC(C)C(=O)NCCC2=CCCCC2)nc2cc(Cl)ccc21. The van der Waals surface area contributed by atoms with E-state index in [4.69, 9.17) is 21.3 Å². The number of amides is 1. The van der Waals surface area contributed by atoms with E-state index in [1.54, 1.807) is 7.11 Å². The molecule has 1 aromatic heterocycles. The highest BCUT2D eigenvalue weighted by atomic mass is 35.5. The molecular formula is C21H28ClN3O2S. The number of fused-ring (bicyclic) bond motifs is 1. The second-order valence-electron chi connectivity index (χ2n) is 7.08. The number of allylic oxidation sites excluding steroid dienone is 1. The number of ether oxygens (including phenoxy) is 1. The van der Waals surface area contributed by atoms with Gasteiger partial charge < -0.3 is 14.6 Å². The van der Waals surface area contributed by atoms with Crippen LogP contribution in [-0.2, 0) is 16.1 Å². The van der Waals surface area contributed by atoms with E-state index in [2.05, 4.69) is 16.0 Å². The minimum atomic E-state index is -0.228. The van der Waals surface area contributed by atoms with Gasteiger partial charge in [-0.15, -0.1) is 0 Å². The van der Waals surface area contributed by atoms with Crippen LogP contribution in [0.25, 0.3) is 11.0 Å². The van der Waals surface area contributed by atoms with Gasteiger partial charge in [-0.25, -0.2) is 4.98 Å². The van der Waals surface area contributed by atoms with Crippen LogP contribution in [0.1, 0.15) is 39.0 Å². The van der Waals surface area contributed by atoms with Crippen LogP contribution in [0.5, 0.6) is 0 Å². The van der Waals surface area contributed by atoms with Crippen LogP contribution in [0.15, 0.2) is 35.0 Å². The summed E-state index contributed by atoms with van der Waals surface area (Å²) in [6, 6.07) is 5.68. The monoisotopic (exact) mass is 421 g/mol. The Labute approximate surface area is 175 Å². The minimum Gasteiger partial charge on any atom is -0.383 e. The zero-order valence-electron chi connectivity index (χ0n) is 16.5. The van der Waals surface area contributed by atoms with Gasteiger partial charge in [-0.1, -0.05) is 35.0 Å². The molecule has 5 nitrogen and oxygen atoms in total. The molecule has 152 valence electrons. The Balaban J connectivity index is 1.63. The molecule has 1 heterocycles. The Kier molecular flexibility index (Phi) is 7.82. The number of carbonyl (C=O) groups is 1. The quantitative estimate of drug-likeness (QED) is 0.465. The lowest BCUT2D eigenvalue weighted by molar-refractivity contribution is -0.120. The second-order valence-corrected chi connectivity index (χ2v) is 8.83. The van der Waals surface area contributed by atoms with E-state index in [9.17, 15) is 4.79 Å². The molecule has 1 aliphatic carbocycles. The molecule has 1 atom stereocenters. The number of benzene rings is 1. The number of hydrogen-bond donors (Lipinski definition) is 1. The number of methoxy groups -OCH3 is 1. The minimum absolute atomic E-state index is 0.0461. The Morgan fingerprint density at radius 3 is 3.04 bits per heavy atom. The first-order valence-corrected chi connectivity index (χ1v) is 11.1. The number of aromatic nitrogens is 2. The van der Waals surface area contributed by atoms with Crippen LogP contribution in [0.2, 0.25) is 5.02 Å². The van der Waals surface area contributed by atoms with Gasteiger partial charge in [-0.3, -0.25) is 4.79 Å². The number of hydrogen-bond acceptors (Lipinski definition) is 4. The van der Waals surface area contributed by atoms with Crippen molar-refractivity contribution in [1.29, 1.82) is 0 Å². The maximum absolute atomic E-state index is 12.5. The third kappa shape index (κ3) is 5.52. The van der Waals surface area contributed by atoms with Gasteiger partial charge in [0.1, 0.15) is 0 Å². The van der Waals surface area contributed by atoms with E-state index in [1.165, 1.54) is 43.0 Å². The number of carbonyl (C=O) groups excluding carboxylic acids is 1. The van der Waals surface area contributed by atoms with Gasteiger partial charge in [0.15, 0.2) is 5.16 Å². The van der Waals surface area contributed by atoms with Gasteiger partial charge >= 0.3 is 0 Å². The summed E-state index contributed by atoms with van der Waals surface area (Å²) in [7, 11) is 1.68. The molecule has 0 aliphatic heterocycles. The fraction of sp³-hybridized carbons (Fsp3) is 0.524. The largest absolute Gasteiger partial charge is 0.383 e. The summed E-state index contributed by atoms with van der Waals surface area (Å²) in [5.41, 5.74) is 3.31. The first-order chi connectivity index (χ1) is 13.6. The molecule has 28 heavy (non-hydrogen) atoms. The molecule has 3 rings (SSSR count). The molecular weight excluding hydrogens is 394 g/mol. The summed E-state index contributed by atoms with van der Waals surface area (Å²) >= 11 is 7.59. The first kappa shape index (κ1) is 21.2. The molecule has 1 aliphatic rings. The lowest BCUT2D eigenvalue weighted by Gasteiger charge is -2.15. The van der Waals surface area contributed by atoms with Crippen molar-refractivity contribution in [3.8, 4) is 0 Å². The maximum Gasteiger partial charge on any atom is 0.233 e. The summed E-state index contributed by atoms with van der Waals surface area (Å²) in [6.07, 6.45) is 8.20. The van der Waals surface area contributed by atoms with Crippen LogP contribution in [0.4, 0.5) is 0 Å². The van der Waals surface area contributed by atoms with Crippen molar-refractivity contribution in [3.05, 3.63) is 34.9 Å². The van der Waals surface area contributed by atoms with E-state index in [0.717, 1.165) is 22.6 Å². The summed E-state index contributed by atoms with van der Waals surface area (Å²) in [6.45, 7) is 3.88. The zero-order chi connectivity index (χ0) is 19.9. The number of rotatable bonds is 9. The first-order valence-electron chi connectivity index (χ1n) is 9.85. The molecule has 1 N–H and O–H groups in total. The van der Waals surface area contributed by atoms with Gasteiger partial charge in [0, 0.05) is 25.2 Å². The van der Waals surface area contributed by atoms with Gasteiger partial charge in [-0.2, -0.15) is 0 Å². The Morgan fingerprint density at radius 1 is 1.43 bits per heavy atom. The smallest absolute Gasteiger partial charge is 0.233 e. The van der Waals surface area contributed by atoms with Crippen LogP contribution in [0, 0.1) is 0 Å². The van der Waals surface area contributed by atoms with Crippen molar-refractivity contribution < 1.29 is 9.53 Å². The number of imidazole rings is 1. The third-order valence-electron chi connectivity index (χ3n) is 4.98. The molecule has 0 saturated heterocycles. The number of halogens is 1. The normalized spacial score (nSPS) is 15.5. The Morgan fingerprint density at radius 2 is 2.29 bits per heavy atom. The Hall–Kier alpha value is -1.50. The van der Waals surface area contributed by atoms with Gasteiger partial charge in [0.05, 0.1) is 22.9 Å². The molecule has 0 bridgehead atoms. The second kappa shape index (κ2) is 10.3.